The van der Waals surface area contributed by atoms with Gasteiger partial charge in [0.1, 0.15) is 0 Å². The summed E-state index contributed by atoms with van der Waals surface area (Å²) in [5.74, 6) is -0.414. The third kappa shape index (κ3) is 4.55. The van der Waals surface area contributed by atoms with Gasteiger partial charge in [-0.05, 0) is 12.8 Å². The summed E-state index contributed by atoms with van der Waals surface area (Å²) in [6.07, 6.45) is 2.51. The highest BCUT2D eigenvalue weighted by Gasteiger charge is 2.20. The molecule has 1 fully saturated rings. The lowest BCUT2D eigenvalue weighted by Crippen LogP contribution is -2.23. The van der Waals surface area contributed by atoms with Crippen molar-refractivity contribution in [3.05, 3.63) is 0 Å². The second-order valence-electron chi connectivity index (χ2n) is 3.89. The molecule has 0 aromatic rings. The van der Waals surface area contributed by atoms with Gasteiger partial charge in [-0.2, -0.15) is 11.8 Å². The van der Waals surface area contributed by atoms with Crippen LogP contribution in [0.25, 0.3) is 0 Å². The Morgan fingerprint density at radius 1 is 1.73 bits per heavy atom. The maximum atomic E-state index is 11.2. The summed E-state index contributed by atoms with van der Waals surface area (Å²) < 4.78 is 0. The molecule has 2 unspecified atom stereocenters. The monoisotopic (exact) mass is 231 g/mol. The first-order chi connectivity index (χ1) is 7.09. The number of rotatable bonds is 4. The van der Waals surface area contributed by atoms with Crippen LogP contribution < -0.4 is 5.32 Å². The number of nitrogens with one attached hydrogen (secondary N) is 1. The van der Waals surface area contributed by atoms with Crippen LogP contribution in [-0.2, 0) is 9.59 Å². The average molecular weight is 231 g/mol. The molecular weight excluding hydrogens is 214 g/mol. The minimum Gasteiger partial charge on any atom is -0.481 e. The predicted octanol–water partition coefficient (Wildman–Crippen LogP) is 1.11. The minimum atomic E-state index is -0.763. The lowest BCUT2D eigenvalue weighted by Gasteiger charge is -2.13. The fourth-order valence-corrected chi connectivity index (χ4v) is 2.74. The second-order valence-corrected chi connectivity index (χ2v) is 5.22. The van der Waals surface area contributed by atoms with Crippen molar-refractivity contribution in [1.82, 2.24) is 5.32 Å². The van der Waals surface area contributed by atoms with Gasteiger partial charge in [-0.3, -0.25) is 9.59 Å². The molecule has 0 saturated carbocycles. The summed E-state index contributed by atoms with van der Waals surface area (Å²) in [5, 5.41) is 11.8. The van der Waals surface area contributed by atoms with Crippen LogP contribution in [0.4, 0.5) is 0 Å². The highest BCUT2D eigenvalue weighted by molar-refractivity contribution is 7.99. The molecule has 0 aromatic carbocycles. The summed E-state index contributed by atoms with van der Waals surface area (Å²) >= 11 is 1.61. The standard InChI is InChI=1S/C10H17NO3S/c1-7(10(13)14)6-15-8-3-2-4-11-9(12)5-8/h7-8H,2-6H2,1H3,(H,11,12)(H,13,14). The zero-order valence-corrected chi connectivity index (χ0v) is 9.68. The molecular formula is C10H17NO3S. The number of thioether (sulfide) groups is 1. The van der Waals surface area contributed by atoms with E-state index in [1.807, 2.05) is 0 Å². The van der Waals surface area contributed by atoms with E-state index in [-0.39, 0.29) is 17.1 Å². The highest BCUT2D eigenvalue weighted by atomic mass is 32.2. The molecule has 5 heteroatoms. The third-order valence-electron chi connectivity index (χ3n) is 2.44. The minimum absolute atomic E-state index is 0.0907. The third-order valence-corrected chi connectivity index (χ3v) is 4.01. The Morgan fingerprint density at radius 2 is 2.47 bits per heavy atom. The van der Waals surface area contributed by atoms with Gasteiger partial charge in [0.25, 0.3) is 0 Å². The van der Waals surface area contributed by atoms with Crippen molar-refractivity contribution in [1.29, 1.82) is 0 Å². The van der Waals surface area contributed by atoms with Crippen LogP contribution in [-0.4, -0.2) is 34.5 Å². The Labute approximate surface area is 93.8 Å². The van der Waals surface area contributed by atoms with Crippen LogP contribution in [0.1, 0.15) is 26.2 Å². The Balaban J connectivity index is 2.30. The van der Waals surface area contributed by atoms with Crippen LogP contribution in [0.5, 0.6) is 0 Å². The maximum Gasteiger partial charge on any atom is 0.307 e. The van der Waals surface area contributed by atoms with Gasteiger partial charge >= 0.3 is 5.97 Å². The molecule has 1 amide bonds. The van der Waals surface area contributed by atoms with Gasteiger partial charge in [-0.1, -0.05) is 6.92 Å². The number of carboxylic acid groups (broad SMARTS) is 1. The number of carboxylic acids is 1. The van der Waals surface area contributed by atoms with Crippen LogP contribution in [0.3, 0.4) is 0 Å². The van der Waals surface area contributed by atoms with E-state index in [2.05, 4.69) is 5.32 Å². The topological polar surface area (TPSA) is 66.4 Å². The van der Waals surface area contributed by atoms with E-state index in [1.165, 1.54) is 0 Å². The van der Waals surface area contributed by atoms with E-state index >= 15 is 0 Å². The molecule has 0 aliphatic carbocycles. The quantitative estimate of drug-likeness (QED) is 0.760. The molecule has 1 aliphatic heterocycles. The fourth-order valence-electron chi connectivity index (χ4n) is 1.43. The Kier molecular flexibility index (Phi) is 4.94. The van der Waals surface area contributed by atoms with E-state index in [0.29, 0.717) is 12.2 Å². The van der Waals surface area contributed by atoms with Crippen LogP contribution >= 0.6 is 11.8 Å². The van der Waals surface area contributed by atoms with E-state index < -0.39 is 5.97 Å². The molecule has 0 radical (unpaired) electrons. The summed E-state index contributed by atoms with van der Waals surface area (Å²) in [4.78, 5) is 21.8. The molecule has 15 heavy (non-hydrogen) atoms. The van der Waals surface area contributed by atoms with Gasteiger partial charge in [-0.25, -0.2) is 0 Å². The first-order valence-corrected chi connectivity index (χ1v) is 6.25. The molecule has 1 heterocycles. The van der Waals surface area contributed by atoms with Crippen molar-refractivity contribution in [2.45, 2.75) is 31.4 Å². The van der Waals surface area contributed by atoms with E-state index in [9.17, 15) is 9.59 Å². The molecule has 0 bridgehead atoms. The van der Waals surface area contributed by atoms with Gasteiger partial charge in [0.15, 0.2) is 0 Å². The predicted molar refractivity (Wildman–Crippen MR) is 59.9 cm³/mol. The van der Waals surface area contributed by atoms with Crippen LogP contribution in [0.2, 0.25) is 0 Å². The van der Waals surface area contributed by atoms with Crippen molar-refractivity contribution in [3.8, 4) is 0 Å². The smallest absolute Gasteiger partial charge is 0.307 e. The lowest BCUT2D eigenvalue weighted by molar-refractivity contribution is -0.140. The highest BCUT2D eigenvalue weighted by Crippen LogP contribution is 2.23. The molecule has 2 atom stereocenters. The van der Waals surface area contributed by atoms with Gasteiger partial charge in [-0.15, -0.1) is 0 Å². The van der Waals surface area contributed by atoms with Crippen LogP contribution in [0, 0.1) is 5.92 Å². The number of hydrogen-bond acceptors (Lipinski definition) is 3. The summed E-state index contributed by atoms with van der Waals surface area (Å²) in [6.45, 7) is 2.45. The molecule has 0 spiro atoms. The molecule has 1 saturated heterocycles. The maximum absolute atomic E-state index is 11.2. The van der Waals surface area contributed by atoms with Crippen molar-refractivity contribution < 1.29 is 14.7 Å². The van der Waals surface area contributed by atoms with Crippen molar-refractivity contribution in [2.75, 3.05) is 12.3 Å². The average Bonchev–Trinajstić information content (AvgIpc) is 2.38. The Morgan fingerprint density at radius 3 is 3.13 bits per heavy atom. The first kappa shape index (κ1) is 12.4. The number of carbonyl (C=O) groups excluding carboxylic acids is 1. The summed E-state index contributed by atoms with van der Waals surface area (Å²) in [7, 11) is 0. The second kappa shape index (κ2) is 6.00. The molecule has 4 nitrogen and oxygen atoms in total. The summed E-state index contributed by atoms with van der Waals surface area (Å²) in [5.41, 5.74) is 0. The lowest BCUT2D eigenvalue weighted by atomic mass is 10.2. The van der Waals surface area contributed by atoms with Gasteiger partial charge in [0, 0.05) is 24.0 Å². The van der Waals surface area contributed by atoms with Crippen LogP contribution in [0.15, 0.2) is 0 Å². The van der Waals surface area contributed by atoms with E-state index in [0.717, 1.165) is 19.4 Å². The van der Waals surface area contributed by atoms with E-state index in [4.69, 9.17) is 5.11 Å². The zero-order valence-electron chi connectivity index (χ0n) is 8.86. The van der Waals surface area contributed by atoms with Crippen molar-refractivity contribution in [3.63, 3.8) is 0 Å². The molecule has 86 valence electrons. The number of aliphatic carboxylic acids is 1. The fraction of sp³-hybridized carbons (Fsp3) is 0.800. The number of hydrogen-bond donors (Lipinski definition) is 2. The molecule has 1 rings (SSSR count). The van der Waals surface area contributed by atoms with Crippen molar-refractivity contribution in [2.24, 2.45) is 5.92 Å². The largest absolute Gasteiger partial charge is 0.481 e. The normalized spacial score (nSPS) is 24.1. The van der Waals surface area contributed by atoms with E-state index in [1.54, 1.807) is 18.7 Å². The summed E-state index contributed by atoms with van der Waals surface area (Å²) in [6, 6.07) is 0. The number of carbonyl (C=O) groups is 2. The zero-order chi connectivity index (χ0) is 11.3. The molecule has 1 aliphatic rings. The number of amides is 1. The van der Waals surface area contributed by atoms with Crippen molar-refractivity contribution >= 4 is 23.6 Å². The molecule has 0 aromatic heterocycles. The Bertz CT molecular complexity index is 245. The first-order valence-electron chi connectivity index (χ1n) is 5.20. The van der Waals surface area contributed by atoms with Gasteiger partial charge in [0.2, 0.25) is 5.91 Å². The SMILES string of the molecule is CC(CSC1CCCNC(=O)C1)C(=O)O. The Hall–Kier alpha value is -0.710. The van der Waals surface area contributed by atoms with Gasteiger partial charge in [0.05, 0.1) is 5.92 Å². The van der Waals surface area contributed by atoms with Gasteiger partial charge < -0.3 is 10.4 Å². The molecule has 2 N–H and O–H groups in total.